The molecule has 0 radical (unpaired) electrons. The quantitative estimate of drug-likeness (QED) is 0.611. The van der Waals surface area contributed by atoms with Crippen LogP contribution in [0.3, 0.4) is 0 Å². The third-order valence-electron chi connectivity index (χ3n) is 2.09. The number of ether oxygens (including phenoxy) is 1. The molecule has 12 heavy (non-hydrogen) atoms. The fraction of sp³-hybridized carbons (Fsp3) is 0.889. The highest BCUT2D eigenvalue weighted by Gasteiger charge is 2.20. The Balaban J connectivity index is 0.000000261. The number of nitrogens with two attached hydrogens (primary N) is 1. The summed E-state index contributed by atoms with van der Waals surface area (Å²) in [5.41, 5.74) is 6.06. The van der Waals surface area contributed by atoms with Crippen LogP contribution in [-0.4, -0.2) is 19.1 Å². The lowest BCUT2D eigenvalue weighted by atomic mass is 9.84. The van der Waals surface area contributed by atoms with E-state index >= 15 is 0 Å². The molecule has 0 atom stereocenters. The van der Waals surface area contributed by atoms with E-state index in [0.29, 0.717) is 6.47 Å². The van der Waals surface area contributed by atoms with E-state index in [2.05, 4.69) is 11.7 Å². The van der Waals surface area contributed by atoms with Crippen LogP contribution in [0.4, 0.5) is 0 Å². The highest BCUT2D eigenvalue weighted by atomic mass is 16.5. The van der Waals surface area contributed by atoms with Crippen LogP contribution in [0.1, 0.15) is 39.0 Å². The Labute approximate surface area is 74.3 Å². The summed E-state index contributed by atoms with van der Waals surface area (Å²) in [6.07, 6.45) is 6.53. The van der Waals surface area contributed by atoms with Crippen molar-refractivity contribution in [3.63, 3.8) is 0 Å². The second-order valence-electron chi connectivity index (χ2n) is 3.55. The molecule has 1 fully saturated rings. The van der Waals surface area contributed by atoms with Crippen molar-refractivity contribution in [1.82, 2.24) is 0 Å². The van der Waals surface area contributed by atoms with Crippen molar-refractivity contribution in [2.45, 2.75) is 44.6 Å². The SMILES string of the molecule is CC1(N)CCCCC1.COC=O. The summed E-state index contributed by atoms with van der Waals surface area (Å²) in [7, 11) is 1.31. The Morgan fingerprint density at radius 2 is 1.75 bits per heavy atom. The summed E-state index contributed by atoms with van der Waals surface area (Å²) in [6, 6.07) is 0. The number of methoxy groups -OCH3 is 1. The molecule has 1 aliphatic carbocycles. The van der Waals surface area contributed by atoms with E-state index in [0.717, 1.165) is 0 Å². The average Bonchev–Trinajstić information content (AvgIpc) is 2.05. The van der Waals surface area contributed by atoms with Gasteiger partial charge in [0.2, 0.25) is 0 Å². The van der Waals surface area contributed by atoms with Crippen LogP contribution in [0.5, 0.6) is 0 Å². The molecule has 0 heterocycles. The van der Waals surface area contributed by atoms with Crippen molar-refractivity contribution in [2.24, 2.45) is 5.73 Å². The Bertz CT molecular complexity index is 116. The van der Waals surface area contributed by atoms with Crippen molar-refractivity contribution in [1.29, 1.82) is 0 Å². The van der Waals surface area contributed by atoms with Gasteiger partial charge in [-0.05, 0) is 19.8 Å². The molecule has 0 aromatic carbocycles. The summed E-state index contributed by atoms with van der Waals surface area (Å²) in [4.78, 5) is 8.95. The molecule has 1 saturated carbocycles. The van der Waals surface area contributed by atoms with Crippen molar-refractivity contribution >= 4 is 6.47 Å². The van der Waals surface area contributed by atoms with Gasteiger partial charge >= 0.3 is 0 Å². The van der Waals surface area contributed by atoms with Gasteiger partial charge in [-0.1, -0.05) is 19.3 Å². The average molecular weight is 173 g/mol. The molecule has 2 N–H and O–H groups in total. The lowest BCUT2D eigenvalue weighted by molar-refractivity contribution is -0.126. The first kappa shape index (κ1) is 11.4. The van der Waals surface area contributed by atoms with Crippen LogP contribution < -0.4 is 5.73 Å². The van der Waals surface area contributed by atoms with E-state index in [1.807, 2.05) is 0 Å². The second kappa shape index (κ2) is 6.00. The predicted molar refractivity (Wildman–Crippen MR) is 48.8 cm³/mol. The molecule has 1 rings (SSSR count). The second-order valence-corrected chi connectivity index (χ2v) is 3.55. The van der Waals surface area contributed by atoms with Crippen LogP contribution in [0.2, 0.25) is 0 Å². The third kappa shape index (κ3) is 6.16. The number of rotatable bonds is 1. The highest BCUT2D eigenvalue weighted by Crippen LogP contribution is 2.24. The molecule has 0 amide bonds. The topological polar surface area (TPSA) is 52.3 Å². The van der Waals surface area contributed by atoms with Gasteiger partial charge in [-0.25, -0.2) is 0 Å². The molecule has 0 bridgehead atoms. The zero-order valence-corrected chi connectivity index (χ0v) is 8.01. The zero-order valence-electron chi connectivity index (χ0n) is 8.01. The molecule has 1 aliphatic rings. The molecule has 0 spiro atoms. The lowest BCUT2D eigenvalue weighted by Gasteiger charge is -2.28. The van der Waals surface area contributed by atoms with Gasteiger partial charge in [0.1, 0.15) is 0 Å². The Hall–Kier alpha value is -0.570. The summed E-state index contributed by atoms with van der Waals surface area (Å²) in [6.45, 7) is 2.53. The first-order valence-corrected chi connectivity index (χ1v) is 4.38. The first-order valence-electron chi connectivity index (χ1n) is 4.38. The molecule has 0 aromatic heterocycles. The molecule has 0 saturated heterocycles. The lowest BCUT2D eigenvalue weighted by Crippen LogP contribution is -2.37. The van der Waals surface area contributed by atoms with Gasteiger partial charge in [0.05, 0.1) is 7.11 Å². The maximum Gasteiger partial charge on any atom is 0.292 e. The van der Waals surface area contributed by atoms with E-state index in [1.165, 1.54) is 39.2 Å². The van der Waals surface area contributed by atoms with Gasteiger partial charge < -0.3 is 10.5 Å². The van der Waals surface area contributed by atoms with Gasteiger partial charge in [0, 0.05) is 5.54 Å². The number of carbonyl (C=O) groups excluding carboxylic acids is 1. The minimum absolute atomic E-state index is 0.179. The van der Waals surface area contributed by atoms with Gasteiger partial charge in [0.15, 0.2) is 0 Å². The van der Waals surface area contributed by atoms with Crippen LogP contribution in [0, 0.1) is 0 Å². The summed E-state index contributed by atoms with van der Waals surface area (Å²) in [5.74, 6) is 0. The molecule has 3 heteroatoms. The minimum Gasteiger partial charge on any atom is -0.471 e. The molecule has 0 aromatic rings. The molecule has 3 nitrogen and oxygen atoms in total. The van der Waals surface area contributed by atoms with Gasteiger partial charge in [-0.3, -0.25) is 4.79 Å². The van der Waals surface area contributed by atoms with Crippen molar-refractivity contribution in [3.05, 3.63) is 0 Å². The Morgan fingerprint density at radius 3 is 1.92 bits per heavy atom. The van der Waals surface area contributed by atoms with Gasteiger partial charge in [-0.2, -0.15) is 0 Å². The molecule has 0 aliphatic heterocycles. The van der Waals surface area contributed by atoms with Crippen molar-refractivity contribution in [3.8, 4) is 0 Å². The van der Waals surface area contributed by atoms with Crippen LogP contribution in [-0.2, 0) is 9.53 Å². The smallest absolute Gasteiger partial charge is 0.292 e. The van der Waals surface area contributed by atoms with Crippen LogP contribution in [0.25, 0.3) is 0 Å². The summed E-state index contributed by atoms with van der Waals surface area (Å²) < 4.78 is 3.86. The van der Waals surface area contributed by atoms with E-state index in [9.17, 15) is 0 Å². The largest absolute Gasteiger partial charge is 0.471 e. The van der Waals surface area contributed by atoms with E-state index in [4.69, 9.17) is 10.5 Å². The summed E-state index contributed by atoms with van der Waals surface area (Å²) >= 11 is 0. The molecule has 0 unspecified atom stereocenters. The normalized spacial score (nSPS) is 20.2. The minimum atomic E-state index is 0.179. The standard InChI is InChI=1S/C7H15N.C2H4O2/c1-7(8)5-3-2-4-6-7;1-4-2-3/h2-6,8H2,1H3;2H,1H3. The van der Waals surface area contributed by atoms with Gasteiger partial charge in [-0.15, -0.1) is 0 Å². The molecular weight excluding hydrogens is 154 g/mol. The van der Waals surface area contributed by atoms with E-state index in [-0.39, 0.29) is 5.54 Å². The molecule has 72 valence electrons. The van der Waals surface area contributed by atoms with E-state index < -0.39 is 0 Å². The Kier molecular flexibility index (Phi) is 5.72. The fourth-order valence-corrected chi connectivity index (χ4v) is 1.36. The van der Waals surface area contributed by atoms with Gasteiger partial charge in [0.25, 0.3) is 6.47 Å². The number of hydrogen-bond acceptors (Lipinski definition) is 3. The third-order valence-corrected chi connectivity index (χ3v) is 2.09. The van der Waals surface area contributed by atoms with Crippen LogP contribution in [0.15, 0.2) is 0 Å². The van der Waals surface area contributed by atoms with E-state index in [1.54, 1.807) is 0 Å². The monoisotopic (exact) mass is 173 g/mol. The van der Waals surface area contributed by atoms with Crippen molar-refractivity contribution in [2.75, 3.05) is 7.11 Å². The summed E-state index contributed by atoms with van der Waals surface area (Å²) in [5, 5.41) is 0. The number of carbonyl (C=O) groups is 1. The number of hydrogen-bond donors (Lipinski definition) is 1. The highest BCUT2D eigenvalue weighted by molar-refractivity contribution is 5.36. The first-order chi connectivity index (χ1) is 5.62. The van der Waals surface area contributed by atoms with Crippen molar-refractivity contribution < 1.29 is 9.53 Å². The molecular formula is C9H19NO2. The maximum absolute atomic E-state index is 8.95. The van der Waals surface area contributed by atoms with Crippen LogP contribution >= 0.6 is 0 Å². The maximum atomic E-state index is 8.95. The Morgan fingerprint density at radius 1 is 1.33 bits per heavy atom. The fourth-order valence-electron chi connectivity index (χ4n) is 1.36. The zero-order chi connectivity index (χ0) is 9.45. The predicted octanol–water partition coefficient (Wildman–Crippen LogP) is 1.46.